The van der Waals surface area contributed by atoms with E-state index in [9.17, 15) is 0 Å². The van der Waals surface area contributed by atoms with Gasteiger partial charge in [-0.1, -0.05) is 19.1 Å². The van der Waals surface area contributed by atoms with E-state index in [2.05, 4.69) is 22.2 Å². The van der Waals surface area contributed by atoms with Crippen molar-refractivity contribution in [1.82, 2.24) is 9.97 Å². The van der Waals surface area contributed by atoms with Crippen molar-refractivity contribution in [3.8, 4) is 0 Å². The lowest BCUT2D eigenvalue weighted by atomic mass is 10.1. The molecule has 1 fully saturated rings. The Kier molecular flexibility index (Phi) is 3.33. The number of nitrogens with two attached hydrogens (primary N) is 1. The van der Waals surface area contributed by atoms with Crippen LogP contribution in [0.1, 0.15) is 31.9 Å². The van der Waals surface area contributed by atoms with Crippen LogP contribution < -0.4 is 11.1 Å². The third kappa shape index (κ3) is 2.66. The van der Waals surface area contributed by atoms with Crippen LogP contribution in [0.3, 0.4) is 0 Å². The van der Waals surface area contributed by atoms with Gasteiger partial charge in [0.1, 0.15) is 10.7 Å². The summed E-state index contributed by atoms with van der Waals surface area (Å²) < 4.78 is 0. The lowest BCUT2D eigenvalue weighted by molar-refractivity contribution is 0.601. The zero-order valence-corrected chi connectivity index (χ0v) is 10.1. The van der Waals surface area contributed by atoms with Gasteiger partial charge in [-0.25, -0.2) is 9.97 Å². The van der Waals surface area contributed by atoms with Crippen LogP contribution in [0.2, 0.25) is 0 Å². The summed E-state index contributed by atoms with van der Waals surface area (Å²) in [5.41, 5.74) is 6.15. The third-order valence-electron chi connectivity index (χ3n) is 2.94. The van der Waals surface area contributed by atoms with E-state index in [1.807, 2.05) is 0 Å². The highest BCUT2D eigenvalue weighted by molar-refractivity contribution is 7.80. The normalized spacial score (nSPS) is 24.3. The first kappa shape index (κ1) is 11.3. The molecule has 86 valence electrons. The molecule has 0 spiro atoms. The minimum atomic E-state index is 0.310. The molecule has 2 atom stereocenters. The number of nitrogens with zero attached hydrogens (tertiary/aromatic N) is 2. The second kappa shape index (κ2) is 4.74. The van der Waals surface area contributed by atoms with Gasteiger partial charge in [0.25, 0.3) is 0 Å². The lowest BCUT2D eigenvalue weighted by Crippen LogP contribution is -2.19. The molecule has 4 nitrogen and oxygen atoms in total. The maximum absolute atomic E-state index is 5.53. The molecule has 1 heterocycles. The quantitative estimate of drug-likeness (QED) is 0.782. The Morgan fingerprint density at radius 1 is 1.56 bits per heavy atom. The van der Waals surface area contributed by atoms with E-state index in [1.54, 1.807) is 12.3 Å². The predicted molar refractivity (Wildman–Crippen MR) is 68.3 cm³/mol. The zero-order valence-electron chi connectivity index (χ0n) is 9.31. The smallest absolute Gasteiger partial charge is 0.223 e. The lowest BCUT2D eigenvalue weighted by Gasteiger charge is -2.12. The number of thiocarbonyl (C=S) groups is 1. The van der Waals surface area contributed by atoms with Crippen LogP contribution in [0, 0.1) is 5.92 Å². The third-order valence-corrected chi connectivity index (χ3v) is 3.15. The standard InChI is InChI=1S/C11H16N4S/c1-7-2-3-8(6-7)14-11-13-5-4-9(15-11)10(12)16/h4-5,7-8H,2-3,6H2,1H3,(H2,12,16)(H,13,14,15). The van der Waals surface area contributed by atoms with Crippen LogP contribution in [0.4, 0.5) is 5.95 Å². The molecule has 2 unspecified atom stereocenters. The van der Waals surface area contributed by atoms with Gasteiger partial charge in [-0.3, -0.25) is 0 Å². The van der Waals surface area contributed by atoms with Crippen molar-refractivity contribution in [1.29, 1.82) is 0 Å². The summed E-state index contributed by atoms with van der Waals surface area (Å²) >= 11 is 4.88. The summed E-state index contributed by atoms with van der Waals surface area (Å²) in [6.07, 6.45) is 5.32. The van der Waals surface area contributed by atoms with Crippen LogP contribution in [0.25, 0.3) is 0 Å². The van der Waals surface area contributed by atoms with Gasteiger partial charge in [0, 0.05) is 12.2 Å². The van der Waals surface area contributed by atoms with E-state index < -0.39 is 0 Å². The van der Waals surface area contributed by atoms with Crippen LogP contribution in [0.5, 0.6) is 0 Å². The topological polar surface area (TPSA) is 63.8 Å². The fraction of sp³-hybridized carbons (Fsp3) is 0.545. The maximum atomic E-state index is 5.53. The van der Waals surface area contributed by atoms with Crippen molar-refractivity contribution in [2.24, 2.45) is 11.7 Å². The Labute approximate surface area is 101 Å². The molecule has 0 saturated heterocycles. The van der Waals surface area contributed by atoms with Crippen LogP contribution >= 0.6 is 12.2 Å². The summed E-state index contributed by atoms with van der Waals surface area (Å²) in [6.45, 7) is 2.27. The number of hydrogen-bond acceptors (Lipinski definition) is 4. The van der Waals surface area contributed by atoms with Gasteiger partial charge in [0.05, 0.1) is 0 Å². The van der Waals surface area contributed by atoms with E-state index in [0.717, 1.165) is 5.92 Å². The zero-order chi connectivity index (χ0) is 11.5. The highest BCUT2D eigenvalue weighted by Gasteiger charge is 2.21. The Hall–Kier alpha value is -1.23. The van der Waals surface area contributed by atoms with Crippen molar-refractivity contribution >= 4 is 23.2 Å². The van der Waals surface area contributed by atoms with E-state index in [1.165, 1.54) is 19.3 Å². The molecular formula is C11H16N4S. The Bertz CT molecular complexity index is 393. The second-order valence-electron chi connectivity index (χ2n) is 4.39. The van der Waals surface area contributed by atoms with Gasteiger partial charge >= 0.3 is 0 Å². The molecule has 1 aliphatic rings. The molecule has 0 amide bonds. The number of nitrogens with one attached hydrogen (secondary N) is 1. The summed E-state index contributed by atoms with van der Waals surface area (Å²) in [5.74, 6) is 1.42. The molecule has 1 aromatic heterocycles. The summed E-state index contributed by atoms with van der Waals surface area (Å²) in [7, 11) is 0. The number of anilines is 1. The van der Waals surface area contributed by atoms with E-state index in [-0.39, 0.29) is 0 Å². The van der Waals surface area contributed by atoms with E-state index in [0.29, 0.717) is 22.7 Å². The Balaban J connectivity index is 2.04. The fourth-order valence-corrected chi connectivity index (χ4v) is 2.20. The molecule has 1 aliphatic carbocycles. The summed E-state index contributed by atoms with van der Waals surface area (Å²) in [6, 6.07) is 2.21. The van der Waals surface area contributed by atoms with Crippen molar-refractivity contribution in [2.45, 2.75) is 32.2 Å². The first-order valence-corrected chi connectivity index (χ1v) is 5.95. The molecule has 0 radical (unpaired) electrons. The highest BCUT2D eigenvalue weighted by Crippen LogP contribution is 2.26. The predicted octanol–water partition coefficient (Wildman–Crippen LogP) is 1.71. The van der Waals surface area contributed by atoms with Crippen molar-refractivity contribution in [2.75, 3.05) is 5.32 Å². The average molecular weight is 236 g/mol. The Morgan fingerprint density at radius 3 is 3.00 bits per heavy atom. The molecule has 1 aromatic rings. The SMILES string of the molecule is CC1CCC(Nc2nccc(C(N)=S)n2)C1. The minimum Gasteiger partial charge on any atom is -0.388 e. The molecule has 16 heavy (non-hydrogen) atoms. The summed E-state index contributed by atoms with van der Waals surface area (Å²) in [5, 5.41) is 3.33. The molecule has 3 N–H and O–H groups in total. The van der Waals surface area contributed by atoms with Crippen LogP contribution in [0.15, 0.2) is 12.3 Å². The minimum absolute atomic E-state index is 0.310. The monoisotopic (exact) mass is 236 g/mol. The number of hydrogen-bond donors (Lipinski definition) is 2. The van der Waals surface area contributed by atoms with E-state index in [4.69, 9.17) is 18.0 Å². The summed E-state index contributed by atoms with van der Waals surface area (Å²) in [4.78, 5) is 8.76. The molecule has 2 rings (SSSR count). The van der Waals surface area contributed by atoms with Gasteiger partial charge in [0.2, 0.25) is 5.95 Å². The largest absolute Gasteiger partial charge is 0.388 e. The van der Waals surface area contributed by atoms with Crippen molar-refractivity contribution in [3.05, 3.63) is 18.0 Å². The van der Waals surface area contributed by atoms with Crippen molar-refractivity contribution < 1.29 is 0 Å². The number of aromatic nitrogens is 2. The fourth-order valence-electron chi connectivity index (χ4n) is 2.09. The molecule has 0 aromatic carbocycles. The van der Waals surface area contributed by atoms with E-state index >= 15 is 0 Å². The van der Waals surface area contributed by atoms with Gasteiger partial charge in [0.15, 0.2) is 0 Å². The maximum Gasteiger partial charge on any atom is 0.223 e. The van der Waals surface area contributed by atoms with Crippen molar-refractivity contribution in [3.63, 3.8) is 0 Å². The number of rotatable bonds is 3. The molecule has 5 heteroatoms. The average Bonchev–Trinajstić information content (AvgIpc) is 2.64. The second-order valence-corrected chi connectivity index (χ2v) is 4.83. The molecule has 0 bridgehead atoms. The van der Waals surface area contributed by atoms with Gasteiger partial charge in [-0.2, -0.15) is 0 Å². The first-order chi connectivity index (χ1) is 7.65. The molecular weight excluding hydrogens is 220 g/mol. The van der Waals surface area contributed by atoms with Crippen LogP contribution in [-0.2, 0) is 0 Å². The first-order valence-electron chi connectivity index (χ1n) is 5.54. The molecule has 1 saturated carbocycles. The highest BCUT2D eigenvalue weighted by atomic mass is 32.1. The van der Waals surface area contributed by atoms with Gasteiger partial charge < -0.3 is 11.1 Å². The van der Waals surface area contributed by atoms with Gasteiger partial charge in [-0.15, -0.1) is 0 Å². The van der Waals surface area contributed by atoms with Crippen LogP contribution in [-0.4, -0.2) is 21.0 Å². The van der Waals surface area contributed by atoms with Gasteiger partial charge in [-0.05, 0) is 31.2 Å². The molecule has 0 aliphatic heterocycles. The Morgan fingerprint density at radius 2 is 2.38 bits per heavy atom.